The van der Waals surface area contributed by atoms with Crippen molar-refractivity contribution in [3.8, 4) is 0 Å². The Labute approximate surface area is 167 Å². The lowest BCUT2D eigenvalue weighted by atomic mass is 9.95. The van der Waals surface area contributed by atoms with E-state index in [9.17, 15) is 14.4 Å². The molecule has 0 radical (unpaired) electrons. The summed E-state index contributed by atoms with van der Waals surface area (Å²) in [4.78, 5) is 35.4. The van der Waals surface area contributed by atoms with Gasteiger partial charge in [-0.2, -0.15) is 0 Å². The highest BCUT2D eigenvalue weighted by molar-refractivity contribution is 6.17. The van der Waals surface area contributed by atoms with Gasteiger partial charge in [0.15, 0.2) is 12.6 Å². The van der Waals surface area contributed by atoms with Crippen LogP contribution in [0.3, 0.4) is 0 Å². The predicted molar refractivity (Wildman–Crippen MR) is 112 cm³/mol. The zero-order chi connectivity index (χ0) is 20.2. The molecule has 0 aromatic heterocycles. The molecule has 1 aliphatic rings. The lowest BCUT2D eigenvalue weighted by molar-refractivity contribution is -0.115. The first-order chi connectivity index (χ1) is 13.7. The van der Waals surface area contributed by atoms with Crippen molar-refractivity contribution in [1.29, 1.82) is 0 Å². The maximum Gasteiger partial charge on any atom is 0.259 e. The number of benzene rings is 1. The van der Waals surface area contributed by atoms with Crippen LogP contribution < -0.4 is 10.6 Å². The summed E-state index contributed by atoms with van der Waals surface area (Å²) in [7, 11) is 0. The summed E-state index contributed by atoms with van der Waals surface area (Å²) in [6.07, 6.45) is 11.5. The number of hydrogen-bond donors (Lipinski definition) is 2. The molecular weight excluding hydrogens is 352 g/mol. The van der Waals surface area contributed by atoms with E-state index in [0.29, 0.717) is 23.8 Å². The van der Waals surface area contributed by atoms with Gasteiger partial charge in [-0.25, -0.2) is 0 Å². The molecule has 0 saturated heterocycles. The molecule has 1 aliphatic carbocycles. The van der Waals surface area contributed by atoms with Gasteiger partial charge in [-0.3, -0.25) is 14.4 Å². The minimum Gasteiger partial charge on any atom is -0.388 e. The van der Waals surface area contributed by atoms with Gasteiger partial charge in [-0.15, -0.1) is 0 Å². The Balaban J connectivity index is 2.26. The van der Waals surface area contributed by atoms with Crippen molar-refractivity contribution in [2.24, 2.45) is 0 Å². The number of amides is 1. The van der Waals surface area contributed by atoms with Gasteiger partial charge >= 0.3 is 0 Å². The summed E-state index contributed by atoms with van der Waals surface area (Å²) in [5.74, 6) is -0.494. The molecule has 2 rings (SSSR count). The number of anilines is 1. The number of para-hydroxylation sites is 1. The molecule has 0 spiro atoms. The van der Waals surface area contributed by atoms with Crippen LogP contribution in [0, 0.1) is 0 Å². The number of carbonyl (C=O) groups is 3. The van der Waals surface area contributed by atoms with Crippen LogP contribution in [0.2, 0.25) is 0 Å². The molecule has 0 fully saturated rings. The van der Waals surface area contributed by atoms with E-state index < -0.39 is 5.91 Å². The van der Waals surface area contributed by atoms with E-state index in [4.69, 9.17) is 0 Å². The highest BCUT2D eigenvalue weighted by atomic mass is 16.2. The van der Waals surface area contributed by atoms with Crippen molar-refractivity contribution >= 4 is 24.2 Å². The zero-order valence-electron chi connectivity index (χ0n) is 16.6. The van der Waals surface area contributed by atoms with E-state index in [0.717, 1.165) is 62.8 Å². The fourth-order valence-corrected chi connectivity index (χ4v) is 3.31. The van der Waals surface area contributed by atoms with Crippen LogP contribution in [0.25, 0.3) is 0 Å². The van der Waals surface area contributed by atoms with E-state index >= 15 is 0 Å². The summed E-state index contributed by atoms with van der Waals surface area (Å²) in [6, 6.07) is 6.74. The van der Waals surface area contributed by atoms with E-state index in [2.05, 4.69) is 17.6 Å². The third kappa shape index (κ3) is 6.48. The van der Waals surface area contributed by atoms with Crippen molar-refractivity contribution in [3.05, 3.63) is 52.7 Å². The van der Waals surface area contributed by atoms with Gasteiger partial charge in [0.1, 0.15) is 0 Å². The van der Waals surface area contributed by atoms with Crippen LogP contribution in [0.4, 0.5) is 5.69 Å². The Morgan fingerprint density at radius 1 is 1.07 bits per heavy atom. The highest BCUT2D eigenvalue weighted by Gasteiger charge is 2.15. The fraction of sp³-hybridized carbons (Fsp3) is 0.435. The molecule has 150 valence electrons. The van der Waals surface area contributed by atoms with E-state index in [1.54, 1.807) is 30.3 Å². The van der Waals surface area contributed by atoms with Crippen LogP contribution >= 0.6 is 0 Å². The van der Waals surface area contributed by atoms with Crippen molar-refractivity contribution in [2.45, 2.75) is 58.3 Å². The van der Waals surface area contributed by atoms with E-state index in [1.807, 2.05) is 0 Å². The summed E-state index contributed by atoms with van der Waals surface area (Å²) in [6.45, 7) is 3.06. The normalized spacial score (nSPS) is 18.0. The van der Waals surface area contributed by atoms with Crippen LogP contribution in [0.1, 0.15) is 68.6 Å². The Bertz CT molecular complexity index is 750. The first kappa shape index (κ1) is 21.6. The molecule has 28 heavy (non-hydrogen) atoms. The van der Waals surface area contributed by atoms with Crippen LogP contribution in [0.5, 0.6) is 0 Å². The lowest BCUT2D eigenvalue weighted by Gasteiger charge is -2.19. The number of hydrogen-bond acceptors (Lipinski definition) is 4. The average molecular weight is 383 g/mol. The van der Waals surface area contributed by atoms with Gasteiger partial charge < -0.3 is 10.6 Å². The molecule has 2 N–H and O–H groups in total. The minimum absolute atomic E-state index is 0.0751. The molecule has 1 amide bonds. The highest BCUT2D eigenvalue weighted by Crippen LogP contribution is 2.24. The topological polar surface area (TPSA) is 75.3 Å². The number of aldehydes is 2. The molecule has 5 heteroatoms. The third-order valence-corrected chi connectivity index (χ3v) is 4.93. The second-order valence-corrected chi connectivity index (χ2v) is 7.08. The van der Waals surface area contributed by atoms with Crippen LogP contribution in [-0.4, -0.2) is 25.0 Å². The SMILES string of the molecule is CCCCN/C1=C(\C=C(/C=O)C(=O)Nc2ccccc2C=O)CCCCCC1. The summed E-state index contributed by atoms with van der Waals surface area (Å²) >= 11 is 0. The first-order valence-electron chi connectivity index (χ1n) is 10.2. The van der Waals surface area contributed by atoms with Crippen molar-refractivity contribution in [3.63, 3.8) is 0 Å². The molecule has 0 atom stereocenters. The second kappa shape index (κ2) is 11.9. The second-order valence-electron chi connectivity index (χ2n) is 7.08. The van der Waals surface area contributed by atoms with Gasteiger partial charge in [0.25, 0.3) is 5.91 Å². The molecule has 0 bridgehead atoms. The van der Waals surface area contributed by atoms with E-state index in [1.165, 1.54) is 6.42 Å². The number of carbonyl (C=O) groups excluding carboxylic acids is 3. The lowest BCUT2D eigenvalue weighted by Crippen LogP contribution is -2.19. The Morgan fingerprint density at radius 2 is 1.82 bits per heavy atom. The molecule has 0 heterocycles. The number of allylic oxidation sites excluding steroid dienone is 3. The van der Waals surface area contributed by atoms with Gasteiger partial charge in [0.2, 0.25) is 0 Å². The summed E-state index contributed by atoms with van der Waals surface area (Å²) in [5.41, 5.74) is 3.05. The standard InChI is InChI=1S/C23H30N2O3/c1-2-3-14-24-21-12-7-5-4-6-10-18(21)15-20(17-27)23(28)25-22-13-9-8-11-19(22)16-26/h8-9,11,13,15-17,24H,2-7,10,12,14H2,1H3,(H,25,28)/b20-15+,21-18-. The Kier molecular flexibility index (Phi) is 9.19. The minimum atomic E-state index is -0.494. The van der Waals surface area contributed by atoms with Gasteiger partial charge in [-0.05, 0) is 55.9 Å². The van der Waals surface area contributed by atoms with E-state index in [-0.39, 0.29) is 5.57 Å². The van der Waals surface area contributed by atoms with Crippen molar-refractivity contribution in [2.75, 3.05) is 11.9 Å². The molecule has 5 nitrogen and oxygen atoms in total. The maximum atomic E-state index is 12.6. The first-order valence-corrected chi connectivity index (χ1v) is 10.2. The quantitative estimate of drug-likeness (QED) is 0.216. The summed E-state index contributed by atoms with van der Waals surface area (Å²) in [5, 5.41) is 6.20. The number of nitrogens with one attached hydrogen (secondary N) is 2. The van der Waals surface area contributed by atoms with Crippen molar-refractivity contribution < 1.29 is 14.4 Å². The van der Waals surface area contributed by atoms with Crippen molar-refractivity contribution in [1.82, 2.24) is 5.32 Å². The van der Waals surface area contributed by atoms with Crippen LogP contribution in [0.15, 0.2) is 47.2 Å². The molecule has 0 unspecified atom stereocenters. The number of unbranched alkanes of at least 4 members (excludes halogenated alkanes) is 1. The van der Waals surface area contributed by atoms with Crippen LogP contribution in [-0.2, 0) is 9.59 Å². The Morgan fingerprint density at radius 3 is 2.54 bits per heavy atom. The van der Waals surface area contributed by atoms with Gasteiger partial charge in [0, 0.05) is 17.8 Å². The fourth-order valence-electron chi connectivity index (χ4n) is 3.31. The molecule has 0 aliphatic heterocycles. The van der Waals surface area contributed by atoms with Gasteiger partial charge in [0.05, 0.1) is 11.3 Å². The molecular formula is C23H30N2O3. The third-order valence-electron chi connectivity index (χ3n) is 4.93. The van der Waals surface area contributed by atoms with Gasteiger partial charge in [-0.1, -0.05) is 38.3 Å². The zero-order valence-corrected chi connectivity index (χ0v) is 16.6. The summed E-state index contributed by atoms with van der Waals surface area (Å²) < 4.78 is 0. The molecule has 1 aromatic rings. The molecule has 0 saturated carbocycles. The number of rotatable bonds is 9. The average Bonchev–Trinajstić information content (AvgIpc) is 2.69. The smallest absolute Gasteiger partial charge is 0.259 e. The largest absolute Gasteiger partial charge is 0.388 e. The monoisotopic (exact) mass is 382 g/mol. The molecule has 1 aromatic carbocycles. The maximum absolute atomic E-state index is 12.6. The predicted octanol–water partition coefficient (Wildman–Crippen LogP) is 4.56. The Hall–Kier alpha value is -2.69.